The molecule has 0 saturated heterocycles. The SMILES string of the molecule is COC1CC(NCc2cccc3[nH]ccc23)C1. The van der Waals surface area contributed by atoms with Gasteiger partial charge in [-0.3, -0.25) is 0 Å². The second kappa shape index (κ2) is 4.51. The molecule has 3 nitrogen and oxygen atoms in total. The van der Waals surface area contributed by atoms with Crippen LogP contribution in [0.4, 0.5) is 0 Å². The van der Waals surface area contributed by atoms with E-state index in [1.807, 2.05) is 6.20 Å². The molecule has 1 aliphatic rings. The van der Waals surface area contributed by atoms with Gasteiger partial charge in [-0.2, -0.15) is 0 Å². The van der Waals surface area contributed by atoms with Crippen molar-refractivity contribution in [1.29, 1.82) is 0 Å². The van der Waals surface area contributed by atoms with E-state index in [1.54, 1.807) is 7.11 Å². The first-order chi connectivity index (χ1) is 8.36. The van der Waals surface area contributed by atoms with Gasteiger partial charge >= 0.3 is 0 Å². The van der Waals surface area contributed by atoms with Crippen LogP contribution in [0.25, 0.3) is 10.9 Å². The Morgan fingerprint density at radius 2 is 2.24 bits per heavy atom. The summed E-state index contributed by atoms with van der Waals surface area (Å²) in [4.78, 5) is 3.24. The number of hydrogen-bond acceptors (Lipinski definition) is 2. The van der Waals surface area contributed by atoms with Crippen molar-refractivity contribution in [3.05, 3.63) is 36.0 Å². The number of rotatable bonds is 4. The van der Waals surface area contributed by atoms with Crippen LogP contribution in [-0.4, -0.2) is 24.2 Å². The predicted molar refractivity (Wildman–Crippen MR) is 69.0 cm³/mol. The Kier molecular flexibility index (Phi) is 2.87. The molecule has 2 aromatic rings. The van der Waals surface area contributed by atoms with E-state index >= 15 is 0 Å². The van der Waals surface area contributed by atoms with E-state index in [9.17, 15) is 0 Å². The van der Waals surface area contributed by atoms with Gasteiger partial charge in [-0.1, -0.05) is 12.1 Å². The minimum absolute atomic E-state index is 0.468. The highest BCUT2D eigenvalue weighted by atomic mass is 16.5. The second-order valence-electron chi connectivity index (χ2n) is 4.76. The van der Waals surface area contributed by atoms with Crippen LogP contribution < -0.4 is 5.32 Å². The molecule has 0 bridgehead atoms. The van der Waals surface area contributed by atoms with Crippen molar-refractivity contribution >= 4 is 10.9 Å². The first-order valence-electron chi connectivity index (χ1n) is 6.18. The van der Waals surface area contributed by atoms with E-state index in [2.05, 4.69) is 34.6 Å². The van der Waals surface area contributed by atoms with E-state index < -0.39 is 0 Å². The van der Waals surface area contributed by atoms with Gasteiger partial charge in [0.25, 0.3) is 0 Å². The molecule has 1 aliphatic carbocycles. The van der Waals surface area contributed by atoms with Crippen LogP contribution >= 0.6 is 0 Å². The molecule has 0 unspecified atom stereocenters. The number of hydrogen-bond donors (Lipinski definition) is 2. The number of benzene rings is 1. The molecule has 1 aromatic heterocycles. The van der Waals surface area contributed by atoms with E-state index in [1.165, 1.54) is 16.5 Å². The summed E-state index contributed by atoms with van der Waals surface area (Å²) in [6, 6.07) is 9.17. The molecule has 0 radical (unpaired) electrons. The quantitative estimate of drug-likeness (QED) is 0.846. The monoisotopic (exact) mass is 230 g/mol. The molecular weight excluding hydrogens is 212 g/mol. The summed E-state index contributed by atoms with van der Waals surface area (Å²) in [7, 11) is 1.79. The average Bonchev–Trinajstić information content (AvgIpc) is 2.76. The summed E-state index contributed by atoms with van der Waals surface area (Å²) in [6.45, 7) is 0.941. The molecule has 0 spiro atoms. The minimum Gasteiger partial charge on any atom is -0.381 e. The van der Waals surface area contributed by atoms with E-state index in [0.29, 0.717) is 12.1 Å². The molecule has 90 valence electrons. The molecule has 1 fully saturated rings. The van der Waals surface area contributed by atoms with Crippen LogP contribution in [0.5, 0.6) is 0 Å². The van der Waals surface area contributed by atoms with Crippen LogP contribution in [0.2, 0.25) is 0 Å². The van der Waals surface area contributed by atoms with Crippen LogP contribution in [-0.2, 0) is 11.3 Å². The van der Waals surface area contributed by atoms with E-state index in [4.69, 9.17) is 4.74 Å². The van der Waals surface area contributed by atoms with Gasteiger partial charge in [0.2, 0.25) is 0 Å². The predicted octanol–water partition coefficient (Wildman–Crippen LogP) is 2.43. The summed E-state index contributed by atoms with van der Waals surface area (Å²) < 4.78 is 5.28. The maximum atomic E-state index is 5.28. The Hall–Kier alpha value is -1.32. The van der Waals surface area contributed by atoms with Crippen molar-refractivity contribution in [3.8, 4) is 0 Å². The van der Waals surface area contributed by atoms with Crippen LogP contribution in [0.15, 0.2) is 30.5 Å². The highest BCUT2D eigenvalue weighted by Crippen LogP contribution is 2.24. The third kappa shape index (κ3) is 2.08. The number of aromatic amines is 1. The number of H-pyrrole nitrogens is 1. The smallest absolute Gasteiger partial charge is 0.0601 e. The Labute approximate surface area is 101 Å². The molecule has 1 heterocycles. The average molecular weight is 230 g/mol. The lowest BCUT2D eigenvalue weighted by molar-refractivity contribution is 0.0170. The number of nitrogens with one attached hydrogen (secondary N) is 2. The Morgan fingerprint density at radius 1 is 1.35 bits per heavy atom. The molecule has 0 amide bonds. The zero-order valence-corrected chi connectivity index (χ0v) is 10.1. The van der Waals surface area contributed by atoms with Gasteiger partial charge in [0.1, 0.15) is 0 Å². The van der Waals surface area contributed by atoms with Crippen LogP contribution in [0, 0.1) is 0 Å². The molecule has 0 aliphatic heterocycles. The third-order valence-corrected chi connectivity index (χ3v) is 3.69. The van der Waals surface area contributed by atoms with Crippen molar-refractivity contribution < 1.29 is 4.74 Å². The minimum atomic E-state index is 0.468. The fourth-order valence-corrected chi connectivity index (χ4v) is 2.48. The van der Waals surface area contributed by atoms with Crippen molar-refractivity contribution in [2.45, 2.75) is 31.5 Å². The van der Waals surface area contributed by atoms with Crippen molar-refractivity contribution in [2.75, 3.05) is 7.11 Å². The highest BCUT2D eigenvalue weighted by Gasteiger charge is 2.28. The lowest BCUT2D eigenvalue weighted by Crippen LogP contribution is -2.44. The number of fused-ring (bicyclic) bond motifs is 1. The number of aromatic nitrogens is 1. The molecule has 1 saturated carbocycles. The standard InChI is InChI=1S/C14H18N2O/c1-17-12-7-11(8-12)16-9-10-3-2-4-14-13(10)5-6-15-14/h2-6,11-12,15-16H,7-9H2,1H3. The zero-order chi connectivity index (χ0) is 11.7. The van der Waals surface area contributed by atoms with Gasteiger partial charge in [0, 0.05) is 36.8 Å². The molecule has 3 rings (SSSR count). The molecular formula is C14H18N2O. The number of methoxy groups -OCH3 is 1. The van der Waals surface area contributed by atoms with E-state index in [0.717, 1.165) is 19.4 Å². The lowest BCUT2D eigenvalue weighted by atomic mass is 9.89. The summed E-state index contributed by atoms with van der Waals surface area (Å²) in [5.41, 5.74) is 2.58. The summed E-state index contributed by atoms with van der Waals surface area (Å²) in [5, 5.41) is 4.91. The first-order valence-corrected chi connectivity index (χ1v) is 6.18. The highest BCUT2D eigenvalue weighted by molar-refractivity contribution is 5.82. The molecule has 2 N–H and O–H groups in total. The fraction of sp³-hybridized carbons (Fsp3) is 0.429. The van der Waals surface area contributed by atoms with Gasteiger partial charge in [-0.15, -0.1) is 0 Å². The first kappa shape index (κ1) is 10.8. The van der Waals surface area contributed by atoms with Gasteiger partial charge in [0.05, 0.1) is 6.10 Å². The van der Waals surface area contributed by atoms with Gasteiger partial charge < -0.3 is 15.0 Å². The third-order valence-electron chi connectivity index (χ3n) is 3.69. The summed E-state index contributed by atoms with van der Waals surface area (Å²) in [5.74, 6) is 0. The lowest BCUT2D eigenvalue weighted by Gasteiger charge is -2.34. The van der Waals surface area contributed by atoms with Gasteiger partial charge in [-0.05, 0) is 30.5 Å². The van der Waals surface area contributed by atoms with Crippen LogP contribution in [0.3, 0.4) is 0 Å². The maximum absolute atomic E-state index is 5.28. The number of ether oxygens (including phenoxy) is 1. The van der Waals surface area contributed by atoms with Crippen molar-refractivity contribution in [1.82, 2.24) is 10.3 Å². The van der Waals surface area contributed by atoms with Crippen LogP contribution in [0.1, 0.15) is 18.4 Å². The normalized spacial score (nSPS) is 23.8. The van der Waals surface area contributed by atoms with Gasteiger partial charge in [0.15, 0.2) is 0 Å². The van der Waals surface area contributed by atoms with Crippen molar-refractivity contribution in [3.63, 3.8) is 0 Å². The Morgan fingerprint density at radius 3 is 3.06 bits per heavy atom. The fourth-order valence-electron chi connectivity index (χ4n) is 2.48. The van der Waals surface area contributed by atoms with Crippen molar-refractivity contribution in [2.24, 2.45) is 0 Å². The van der Waals surface area contributed by atoms with Gasteiger partial charge in [-0.25, -0.2) is 0 Å². The topological polar surface area (TPSA) is 37.0 Å². The molecule has 0 atom stereocenters. The maximum Gasteiger partial charge on any atom is 0.0601 e. The largest absolute Gasteiger partial charge is 0.381 e. The second-order valence-corrected chi connectivity index (χ2v) is 4.76. The molecule has 17 heavy (non-hydrogen) atoms. The Balaban J connectivity index is 1.63. The molecule has 3 heteroatoms. The zero-order valence-electron chi connectivity index (χ0n) is 10.1. The molecule has 1 aromatic carbocycles. The van der Waals surface area contributed by atoms with E-state index in [-0.39, 0.29) is 0 Å². The summed E-state index contributed by atoms with van der Waals surface area (Å²) in [6.07, 6.45) is 4.74. The Bertz CT molecular complexity index is 500. The summed E-state index contributed by atoms with van der Waals surface area (Å²) >= 11 is 0.